The fourth-order valence-corrected chi connectivity index (χ4v) is 2.58. The molecular formula is C14H19NO4. The molecule has 1 amide bonds. The number of nitrogens with zero attached hydrogens (tertiary/aromatic N) is 1. The van der Waals surface area contributed by atoms with Crippen LogP contribution in [0.2, 0.25) is 0 Å². The summed E-state index contributed by atoms with van der Waals surface area (Å²) in [5.41, 5.74) is 0.808. The molecule has 5 heteroatoms. The number of methoxy groups -OCH3 is 2. The van der Waals surface area contributed by atoms with Crippen LogP contribution in [0.1, 0.15) is 24.4 Å². The number of benzene rings is 1. The summed E-state index contributed by atoms with van der Waals surface area (Å²) in [6.45, 7) is 0.576. The molecule has 1 saturated heterocycles. The largest absolute Gasteiger partial charge is 0.496 e. The highest BCUT2D eigenvalue weighted by molar-refractivity contribution is 5.68. The van der Waals surface area contributed by atoms with Gasteiger partial charge in [-0.25, -0.2) is 4.79 Å². The van der Waals surface area contributed by atoms with Crippen LogP contribution in [0.25, 0.3) is 0 Å². The molecule has 1 heterocycles. The maximum atomic E-state index is 11.8. The molecule has 0 saturated carbocycles. The number of rotatable bonds is 2. The molecule has 1 N–H and O–H groups in total. The van der Waals surface area contributed by atoms with Crippen molar-refractivity contribution in [2.75, 3.05) is 20.8 Å². The Morgan fingerprint density at radius 2 is 2.11 bits per heavy atom. The van der Waals surface area contributed by atoms with E-state index in [1.54, 1.807) is 12.0 Å². The molecule has 1 aromatic carbocycles. The topological polar surface area (TPSA) is 59.0 Å². The van der Waals surface area contributed by atoms with Gasteiger partial charge in [-0.2, -0.15) is 0 Å². The first-order valence-corrected chi connectivity index (χ1v) is 6.34. The summed E-state index contributed by atoms with van der Waals surface area (Å²) in [4.78, 5) is 13.4. The summed E-state index contributed by atoms with van der Waals surface area (Å²) in [7, 11) is 2.93. The summed E-state index contributed by atoms with van der Waals surface area (Å²) in [6.07, 6.45) is 0.400. The van der Waals surface area contributed by atoms with Gasteiger partial charge in [0.2, 0.25) is 0 Å². The lowest BCUT2D eigenvalue weighted by atomic mass is 9.92. The van der Waals surface area contributed by atoms with Crippen LogP contribution in [-0.2, 0) is 4.74 Å². The highest BCUT2D eigenvalue weighted by Gasteiger charge is 2.36. The van der Waals surface area contributed by atoms with Crippen LogP contribution in [0.5, 0.6) is 5.75 Å². The third-order valence-electron chi connectivity index (χ3n) is 3.47. The summed E-state index contributed by atoms with van der Waals surface area (Å²) in [5.74, 6) is 0.669. The molecule has 2 rings (SSSR count). The van der Waals surface area contributed by atoms with Gasteiger partial charge in [-0.3, -0.25) is 4.90 Å². The number of aliphatic hydroxyl groups excluding tert-OH is 1. The van der Waals surface area contributed by atoms with Crippen LogP contribution in [-0.4, -0.2) is 43.0 Å². The van der Waals surface area contributed by atoms with Gasteiger partial charge in [0.05, 0.1) is 26.4 Å². The standard InChI is InChI=1S/C14H19NO4/c1-18-12-8-4-3-6-10(12)13-11(16)7-5-9-15(13)14(17)19-2/h3-4,6,8,11,13,16H,5,7,9H2,1-2H3/t11-,13-/m1/s1. The van der Waals surface area contributed by atoms with Gasteiger partial charge in [0.15, 0.2) is 0 Å². The number of carbonyl (C=O) groups excluding carboxylic acids is 1. The molecule has 5 nitrogen and oxygen atoms in total. The van der Waals surface area contributed by atoms with Crippen LogP contribution in [0, 0.1) is 0 Å². The number of hydrogen-bond acceptors (Lipinski definition) is 4. The Kier molecular flexibility index (Phi) is 4.27. The predicted molar refractivity (Wildman–Crippen MR) is 70.1 cm³/mol. The Labute approximate surface area is 112 Å². The minimum atomic E-state index is -0.607. The Hall–Kier alpha value is -1.75. The van der Waals surface area contributed by atoms with Crippen molar-refractivity contribution in [2.24, 2.45) is 0 Å². The van der Waals surface area contributed by atoms with E-state index in [1.165, 1.54) is 7.11 Å². The van der Waals surface area contributed by atoms with Crippen molar-refractivity contribution >= 4 is 6.09 Å². The zero-order chi connectivity index (χ0) is 13.8. The van der Waals surface area contributed by atoms with Gasteiger partial charge in [-0.15, -0.1) is 0 Å². The first-order chi connectivity index (χ1) is 9.19. The Morgan fingerprint density at radius 1 is 1.37 bits per heavy atom. The summed E-state index contributed by atoms with van der Waals surface area (Å²) in [6, 6.07) is 7.01. The first kappa shape index (κ1) is 13.7. The van der Waals surface area contributed by atoms with E-state index in [1.807, 2.05) is 24.3 Å². The van der Waals surface area contributed by atoms with E-state index in [-0.39, 0.29) is 0 Å². The van der Waals surface area contributed by atoms with E-state index in [9.17, 15) is 9.90 Å². The number of hydrogen-bond donors (Lipinski definition) is 1. The Morgan fingerprint density at radius 3 is 2.79 bits per heavy atom. The lowest BCUT2D eigenvalue weighted by molar-refractivity contribution is 0.00906. The molecule has 2 atom stereocenters. The van der Waals surface area contributed by atoms with E-state index in [0.29, 0.717) is 18.7 Å². The zero-order valence-electron chi connectivity index (χ0n) is 11.2. The van der Waals surface area contributed by atoms with E-state index < -0.39 is 18.2 Å². The molecule has 1 aliphatic rings. The molecule has 1 aliphatic heterocycles. The monoisotopic (exact) mass is 265 g/mol. The summed E-state index contributed by atoms with van der Waals surface area (Å²) in [5, 5.41) is 10.3. The Bertz CT molecular complexity index is 449. The van der Waals surface area contributed by atoms with Crippen LogP contribution in [0.4, 0.5) is 4.79 Å². The van der Waals surface area contributed by atoms with Gasteiger partial charge in [-0.05, 0) is 18.9 Å². The van der Waals surface area contributed by atoms with Gasteiger partial charge >= 0.3 is 6.09 Å². The highest BCUT2D eigenvalue weighted by atomic mass is 16.5. The van der Waals surface area contributed by atoms with Crippen molar-refractivity contribution in [1.29, 1.82) is 0 Å². The van der Waals surface area contributed by atoms with Crippen molar-refractivity contribution in [1.82, 2.24) is 4.90 Å². The van der Waals surface area contributed by atoms with Crippen LogP contribution < -0.4 is 4.74 Å². The van der Waals surface area contributed by atoms with E-state index in [0.717, 1.165) is 12.0 Å². The number of likely N-dealkylation sites (tertiary alicyclic amines) is 1. The fraction of sp³-hybridized carbons (Fsp3) is 0.500. The smallest absolute Gasteiger partial charge is 0.410 e. The van der Waals surface area contributed by atoms with Crippen molar-refractivity contribution in [2.45, 2.75) is 25.0 Å². The number of carbonyl (C=O) groups is 1. The van der Waals surface area contributed by atoms with Crippen LogP contribution in [0.3, 0.4) is 0 Å². The molecular weight excluding hydrogens is 246 g/mol. The van der Waals surface area contributed by atoms with Gasteiger partial charge < -0.3 is 14.6 Å². The quantitative estimate of drug-likeness (QED) is 0.888. The van der Waals surface area contributed by atoms with Gasteiger partial charge in [0.1, 0.15) is 5.75 Å². The molecule has 0 unspecified atom stereocenters. The normalized spacial score (nSPS) is 23.0. The van der Waals surface area contributed by atoms with E-state index >= 15 is 0 Å². The van der Waals surface area contributed by atoms with Crippen molar-refractivity contribution in [3.8, 4) is 5.75 Å². The molecule has 19 heavy (non-hydrogen) atoms. The van der Waals surface area contributed by atoms with E-state index in [2.05, 4.69) is 0 Å². The third kappa shape index (κ3) is 2.66. The first-order valence-electron chi connectivity index (χ1n) is 6.34. The number of piperidine rings is 1. The lowest BCUT2D eigenvalue weighted by Crippen LogP contribution is -2.45. The maximum Gasteiger partial charge on any atom is 0.410 e. The third-order valence-corrected chi connectivity index (χ3v) is 3.47. The lowest BCUT2D eigenvalue weighted by Gasteiger charge is -2.38. The van der Waals surface area contributed by atoms with Gasteiger partial charge in [-0.1, -0.05) is 18.2 Å². The molecule has 104 valence electrons. The second kappa shape index (κ2) is 5.93. The second-order valence-electron chi connectivity index (χ2n) is 4.56. The van der Waals surface area contributed by atoms with Crippen LogP contribution >= 0.6 is 0 Å². The van der Waals surface area contributed by atoms with Gasteiger partial charge in [0.25, 0.3) is 0 Å². The second-order valence-corrected chi connectivity index (χ2v) is 4.56. The SMILES string of the molecule is COC(=O)N1CCC[C@@H](O)[C@H]1c1ccccc1OC. The molecule has 0 bridgehead atoms. The van der Waals surface area contributed by atoms with Crippen molar-refractivity contribution < 1.29 is 19.4 Å². The zero-order valence-corrected chi connectivity index (χ0v) is 11.2. The molecule has 0 aliphatic carbocycles. The Balaban J connectivity index is 2.38. The molecule has 0 radical (unpaired) electrons. The highest BCUT2D eigenvalue weighted by Crippen LogP contribution is 2.36. The maximum absolute atomic E-state index is 11.8. The fourth-order valence-electron chi connectivity index (χ4n) is 2.58. The van der Waals surface area contributed by atoms with Crippen molar-refractivity contribution in [3.63, 3.8) is 0 Å². The number of aliphatic hydroxyl groups is 1. The number of para-hydroxylation sites is 1. The molecule has 1 fully saturated rings. The van der Waals surface area contributed by atoms with Crippen LogP contribution in [0.15, 0.2) is 24.3 Å². The van der Waals surface area contributed by atoms with Crippen molar-refractivity contribution in [3.05, 3.63) is 29.8 Å². The summed E-state index contributed by atoms with van der Waals surface area (Å²) < 4.78 is 10.1. The molecule has 0 spiro atoms. The average molecular weight is 265 g/mol. The minimum Gasteiger partial charge on any atom is -0.496 e. The average Bonchev–Trinajstić information content (AvgIpc) is 2.46. The minimum absolute atomic E-state index is 0.419. The van der Waals surface area contributed by atoms with E-state index in [4.69, 9.17) is 9.47 Å². The number of ether oxygens (including phenoxy) is 2. The predicted octanol–water partition coefficient (Wildman–Crippen LogP) is 1.96. The molecule has 0 aromatic heterocycles. The molecule has 1 aromatic rings. The van der Waals surface area contributed by atoms with Gasteiger partial charge in [0, 0.05) is 12.1 Å². The number of amides is 1. The summed E-state index contributed by atoms with van der Waals surface area (Å²) >= 11 is 0.